The monoisotopic (exact) mass is 407 g/mol. The molecule has 0 saturated carbocycles. The summed E-state index contributed by atoms with van der Waals surface area (Å²) in [4.78, 5) is 25.3. The summed E-state index contributed by atoms with van der Waals surface area (Å²) < 4.78 is 10.2. The third-order valence-electron chi connectivity index (χ3n) is 4.14. The minimum Gasteiger partial charge on any atom is -0.497 e. The van der Waals surface area contributed by atoms with E-state index in [0.717, 1.165) is 21.8 Å². The normalized spacial score (nSPS) is 11.8. The minimum absolute atomic E-state index is 0.280. The number of hydrogen-bond acceptors (Lipinski definition) is 5. The van der Waals surface area contributed by atoms with Crippen molar-refractivity contribution in [1.82, 2.24) is 5.32 Å². The van der Waals surface area contributed by atoms with E-state index in [1.807, 2.05) is 60.0 Å². The molecule has 0 spiro atoms. The van der Waals surface area contributed by atoms with Gasteiger partial charge in [0.1, 0.15) is 5.75 Å². The smallest absolute Gasteiger partial charge is 0.331 e. The second kappa shape index (κ2) is 10.2. The SMILES string of the molecule is COc1ccc(/C=C/C(=O)OCC(=O)N[C@@H](c2ccccc2)c2cccs2)cc1. The van der Waals surface area contributed by atoms with Crippen molar-refractivity contribution in [2.45, 2.75) is 6.04 Å². The number of nitrogens with one attached hydrogen (secondary N) is 1. The molecule has 0 aliphatic carbocycles. The van der Waals surface area contributed by atoms with Crippen LogP contribution in [0.5, 0.6) is 5.75 Å². The molecule has 1 N–H and O–H groups in total. The molecule has 5 nitrogen and oxygen atoms in total. The Morgan fingerprint density at radius 1 is 1.03 bits per heavy atom. The molecule has 3 rings (SSSR count). The number of benzene rings is 2. The van der Waals surface area contributed by atoms with Gasteiger partial charge in [0.15, 0.2) is 6.61 Å². The molecule has 1 aromatic heterocycles. The molecule has 0 radical (unpaired) electrons. The number of hydrogen-bond donors (Lipinski definition) is 1. The highest BCUT2D eigenvalue weighted by Gasteiger charge is 2.18. The topological polar surface area (TPSA) is 64.6 Å². The van der Waals surface area contributed by atoms with Gasteiger partial charge in [0.25, 0.3) is 5.91 Å². The first-order valence-corrected chi connectivity index (χ1v) is 9.90. The third-order valence-corrected chi connectivity index (χ3v) is 5.08. The highest BCUT2D eigenvalue weighted by atomic mass is 32.1. The molecule has 1 amide bonds. The van der Waals surface area contributed by atoms with E-state index >= 15 is 0 Å². The fourth-order valence-electron chi connectivity index (χ4n) is 2.69. The molecule has 0 saturated heterocycles. The van der Waals surface area contributed by atoms with Crippen LogP contribution in [0.2, 0.25) is 0 Å². The maximum Gasteiger partial charge on any atom is 0.331 e. The van der Waals surface area contributed by atoms with Crippen LogP contribution in [0.3, 0.4) is 0 Å². The van der Waals surface area contributed by atoms with Crippen molar-refractivity contribution in [2.75, 3.05) is 13.7 Å². The average molecular weight is 407 g/mol. The van der Waals surface area contributed by atoms with Gasteiger partial charge in [-0.25, -0.2) is 4.79 Å². The number of thiophene rings is 1. The van der Waals surface area contributed by atoms with E-state index in [-0.39, 0.29) is 18.6 Å². The molecule has 6 heteroatoms. The molecule has 0 aliphatic rings. The summed E-state index contributed by atoms with van der Waals surface area (Å²) in [7, 11) is 1.59. The Hall–Kier alpha value is -3.38. The molecular formula is C23H21NO4S. The lowest BCUT2D eigenvalue weighted by Gasteiger charge is -2.18. The van der Waals surface area contributed by atoms with Gasteiger partial charge < -0.3 is 14.8 Å². The summed E-state index contributed by atoms with van der Waals surface area (Å²) in [6.45, 7) is -0.347. The predicted molar refractivity (Wildman–Crippen MR) is 114 cm³/mol. The number of carbonyl (C=O) groups is 2. The molecule has 0 unspecified atom stereocenters. The lowest BCUT2D eigenvalue weighted by atomic mass is 10.1. The zero-order valence-corrected chi connectivity index (χ0v) is 16.7. The van der Waals surface area contributed by atoms with Crippen LogP contribution in [0.4, 0.5) is 0 Å². The number of esters is 1. The van der Waals surface area contributed by atoms with Gasteiger partial charge in [-0.05, 0) is 40.8 Å². The maximum atomic E-state index is 12.3. The van der Waals surface area contributed by atoms with Crippen LogP contribution in [-0.2, 0) is 14.3 Å². The Bertz CT molecular complexity index is 950. The summed E-state index contributed by atoms with van der Waals surface area (Å²) in [6, 6.07) is 20.5. The molecule has 29 heavy (non-hydrogen) atoms. The van der Waals surface area contributed by atoms with E-state index in [1.165, 1.54) is 6.08 Å². The van der Waals surface area contributed by atoms with E-state index in [2.05, 4.69) is 5.32 Å². The van der Waals surface area contributed by atoms with Gasteiger partial charge in [0.2, 0.25) is 0 Å². The standard InChI is InChI=1S/C23H21NO4S/c1-27-19-12-9-17(10-13-19)11-14-22(26)28-16-21(25)24-23(20-8-5-15-29-20)18-6-3-2-4-7-18/h2-15,23H,16H2,1H3,(H,24,25)/b14-11+/t23-/m0/s1. The van der Waals surface area contributed by atoms with Crippen LogP contribution in [0, 0.1) is 0 Å². The summed E-state index contributed by atoms with van der Waals surface area (Å²) >= 11 is 1.56. The second-order valence-electron chi connectivity index (χ2n) is 6.14. The molecule has 0 bridgehead atoms. The van der Waals surface area contributed by atoms with Gasteiger partial charge >= 0.3 is 5.97 Å². The Labute approximate surface area is 173 Å². The Balaban J connectivity index is 1.55. The molecule has 1 atom stereocenters. The van der Waals surface area contributed by atoms with Crippen LogP contribution in [0.15, 0.2) is 78.2 Å². The van der Waals surface area contributed by atoms with Crippen LogP contribution >= 0.6 is 11.3 Å². The number of methoxy groups -OCH3 is 1. The van der Waals surface area contributed by atoms with Crippen molar-refractivity contribution in [3.05, 3.63) is 94.2 Å². The van der Waals surface area contributed by atoms with Crippen molar-refractivity contribution in [3.8, 4) is 5.75 Å². The summed E-state index contributed by atoms with van der Waals surface area (Å²) in [6.07, 6.45) is 2.92. The lowest BCUT2D eigenvalue weighted by molar-refractivity contribution is -0.143. The zero-order chi connectivity index (χ0) is 20.5. The quantitative estimate of drug-likeness (QED) is 0.449. The largest absolute Gasteiger partial charge is 0.497 e. The van der Waals surface area contributed by atoms with Crippen molar-refractivity contribution >= 4 is 29.3 Å². The fraction of sp³-hybridized carbons (Fsp3) is 0.130. The number of ether oxygens (including phenoxy) is 2. The molecule has 1 heterocycles. The van der Waals surface area contributed by atoms with Crippen LogP contribution in [0.25, 0.3) is 6.08 Å². The van der Waals surface area contributed by atoms with Crippen LogP contribution < -0.4 is 10.1 Å². The number of carbonyl (C=O) groups excluding carboxylic acids is 2. The van der Waals surface area contributed by atoms with Gasteiger partial charge in [-0.15, -0.1) is 11.3 Å². The highest BCUT2D eigenvalue weighted by Crippen LogP contribution is 2.25. The van der Waals surface area contributed by atoms with Crippen molar-refractivity contribution in [3.63, 3.8) is 0 Å². The first-order valence-electron chi connectivity index (χ1n) is 9.02. The van der Waals surface area contributed by atoms with Crippen molar-refractivity contribution in [1.29, 1.82) is 0 Å². The van der Waals surface area contributed by atoms with E-state index in [4.69, 9.17) is 9.47 Å². The highest BCUT2D eigenvalue weighted by molar-refractivity contribution is 7.10. The molecule has 3 aromatic rings. The molecule has 148 valence electrons. The number of amides is 1. The van der Waals surface area contributed by atoms with Gasteiger partial charge in [-0.1, -0.05) is 48.5 Å². The van der Waals surface area contributed by atoms with Crippen molar-refractivity contribution in [2.24, 2.45) is 0 Å². The third kappa shape index (κ3) is 6.05. The zero-order valence-electron chi connectivity index (χ0n) is 15.9. The molecule has 0 aliphatic heterocycles. The predicted octanol–water partition coefficient (Wildman–Crippen LogP) is 4.22. The lowest BCUT2D eigenvalue weighted by Crippen LogP contribution is -2.32. The Morgan fingerprint density at radius 3 is 2.45 bits per heavy atom. The van der Waals surface area contributed by atoms with Gasteiger partial charge in [-0.2, -0.15) is 0 Å². The van der Waals surface area contributed by atoms with E-state index in [9.17, 15) is 9.59 Å². The summed E-state index contributed by atoms with van der Waals surface area (Å²) in [5, 5.41) is 4.89. The second-order valence-corrected chi connectivity index (χ2v) is 7.12. The summed E-state index contributed by atoms with van der Waals surface area (Å²) in [5.74, 6) is -0.207. The fourth-order valence-corrected chi connectivity index (χ4v) is 3.49. The minimum atomic E-state index is -0.580. The van der Waals surface area contributed by atoms with Gasteiger partial charge in [0, 0.05) is 11.0 Å². The molecular weight excluding hydrogens is 386 g/mol. The van der Waals surface area contributed by atoms with Crippen LogP contribution in [-0.4, -0.2) is 25.6 Å². The van der Waals surface area contributed by atoms with E-state index in [1.54, 1.807) is 36.7 Å². The van der Waals surface area contributed by atoms with Gasteiger partial charge in [0.05, 0.1) is 13.2 Å². The first-order chi connectivity index (χ1) is 14.2. The van der Waals surface area contributed by atoms with E-state index < -0.39 is 5.97 Å². The Morgan fingerprint density at radius 2 is 1.79 bits per heavy atom. The van der Waals surface area contributed by atoms with Crippen molar-refractivity contribution < 1.29 is 19.1 Å². The number of rotatable bonds is 8. The molecule has 2 aromatic carbocycles. The van der Waals surface area contributed by atoms with Gasteiger partial charge in [-0.3, -0.25) is 4.79 Å². The molecule has 0 fully saturated rings. The Kier molecular flexibility index (Phi) is 7.19. The maximum absolute atomic E-state index is 12.3. The average Bonchev–Trinajstić information content (AvgIpc) is 3.30. The van der Waals surface area contributed by atoms with Crippen LogP contribution in [0.1, 0.15) is 22.0 Å². The first kappa shape index (κ1) is 20.4. The van der Waals surface area contributed by atoms with E-state index in [0.29, 0.717) is 0 Å². The summed E-state index contributed by atoms with van der Waals surface area (Å²) in [5.41, 5.74) is 1.79.